The molecule has 2 atom stereocenters. The molecule has 0 amide bonds. The standard InChI is InChI=1S/C15H23BrN2O/c1-3-12-10-19-7-6-18(12)15(9-17)13-5-4-11(2)8-14(13)16/h4-5,8,12,15H,3,6-7,9-10,17H2,1-2H3. The third-order valence-electron chi connectivity index (χ3n) is 3.88. The highest BCUT2D eigenvalue weighted by molar-refractivity contribution is 9.10. The number of hydrogen-bond donors (Lipinski definition) is 1. The van der Waals surface area contributed by atoms with Gasteiger partial charge in [0.1, 0.15) is 0 Å². The number of halogens is 1. The second kappa shape index (κ2) is 6.84. The molecule has 0 spiro atoms. The van der Waals surface area contributed by atoms with Crippen LogP contribution < -0.4 is 5.73 Å². The van der Waals surface area contributed by atoms with Gasteiger partial charge in [-0.15, -0.1) is 0 Å². The Morgan fingerprint density at radius 2 is 2.32 bits per heavy atom. The molecule has 0 radical (unpaired) electrons. The van der Waals surface area contributed by atoms with Crippen molar-refractivity contribution in [3.8, 4) is 0 Å². The predicted molar refractivity (Wildman–Crippen MR) is 82.3 cm³/mol. The van der Waals surface area contributed by atoms with Gasteiger partial charge in [-0.1, -0.05) is 35.0 Å². The summed E-state index contributed by atoms with van der Waals surface area (Å²) in [6, 6.07) is 7.25. The highest BCUT2D eigenvalue weighted by Gasteiger charge is 2.29. The van der Waals surface area contributed by atoms with E-state index in [2.05, 4.69) is 52.9 Å². The predicted octanol–water partition coefficient (Wildman–Crippen LogP) is 2.87. The van der Waals surface area contributed by atoms with Gasteiger partial charge in [0.15, 0.2) is 0 Å². The van der Waals surface area contributed by atoms with Crippen molar-refractivity contribution in [1.82, 2.24) is 4.90 Å². The molecule has 2 rings (SSSR count). The van der Waals surface area contributed by atoms with E-state index in [0.29, 0.717) is 12.6 Å². The van der Waals surface area contributed by atoms with Gasteiger partial charge in [-0.2, -0.15) is 0 Å². The van der Waals surface area contributed by atoms with E-state index in [9.17, 15) is 0 Å². The van der Waals surface area contributed by atoms with Crippen molar-refractivity contribution >= 4 is 15.9 Å². The number of aryl methyl sites for hydroxylation is 1. The molecular formula is C15H23BrN2O. The lowest BCUT2D eigenvalue weighted by Crippen LogP contribution is -2.48. The zero-order chi connectivity index (χ0) is 13.8. The molecule has 1 saturated heterocycles. The van der Waals surface area contributed by atoms with Crippen LogP contribution in [-0.2, 0) is 4.74 Å². The number of ether oxygens (including phenoxy) is 1. The second-order valence-corrected chi connectivity index (χ2v) is 6.01. The topological polar surface area (TPSA) is 38.5 Å². The van der Waals surface area contributed by atoms with Gasteiger partial charge in [0.05, 0.1) is 13.2 Å². The molecule has 1 aromatic carbocycles. The Hall–Kier alpha value is -0.420. The Labute approximate surface area is 124 Å². The molecule has 1 aromatic rings. The fourth-order valence-corrected chi connectivity index (χ4v) is 3.53. The summed E-state index contributed by atoms with van der Waals surface area (Å²) in [6.45, 7) is 7.53. The van der Waals surface area contributed by atoms with Gasteiger partial charge in [0, 0.05) is 29.6 Å². The van der Waals surface area contributed by atoms with Gasteiger partial charge in [0.25, 0.3) is 0 Å². The highest BCUT2D eigenvalue weighted by Crippen LogP contribution is 2.31. The first-order valence-electron chi connectivity index (χ1n) is 6.97. The van der Waals surface area contributed by atoms with E-state index in [1.807, 2.05) is 0 Å². The van der Waals surface area contributed by atoms with Crippen molar-refractivity contribution in [3.05, 3.63) is 33.8 Å². The maximum Gasteiger partial charge on any atom is 0.0622 e. The third kappa shape index (κ3) is 3.37. The van der Waals surface area contributed by atoms with Gasteiger partial charge in [-0.3, -0.25) is 4.90 Å². The summed E-state index contributed by atoms with van der Waals surface area (Å²) in [4.78, 5) is 2.50. The van der Waals surface area contributed by atoms with Crippen LogP contribution in [0.25, 0.3) is 0 Å². The van der Waals surface area contributed by atoms with E-state index in [-0.39, 0.29) is 6.04 Å². The van der Waals surface area contributed by atoms with Crippen molar-refractivity contribution in [2.45, 2.75) is 32.4 Å². The molecule has 2 N–H and O–H groups in total. The van der Waals surface area contributed by atoms with Crippen LogP contribution in [0, 0.1) is 6.92 Å². The molecule has 1 fully saturated rings. The summed E-state index contributed by atoms with van der Waals surface area (Å²) in [6.07, 6.45) is 1.10. The van der Waals surface area contributed by atoms with Crippen molar-refractivity contribution in [2.75, 3.05) is 26.3 Å². The Morgan fingerprint density at radius 1 is 1.53 bits per heavy atom. The Bertz CT molecular complexity index is 425. The largest absolute Gasteiger partial charge is 0.378 e. The van der Waals surface area contributed by atoms with Crippen LogP contribution in [0.1, 0.15) is 30.5 Å². The second-order valence-electron chi connectivity index (χ2n) is 5.15. The van der Waals surface area contributed by atoms with Gasteiger partial charge < -0.3 is 10.5 Å². The van der Waals surface area contributed by atoms with Crippen molar-refractivity contribution < 1.29 is 4.74 Å². The molecule has 0 bridgehead atoms. The van der Waals surface area contributed by atoms with E-state index in [0.717, 1.165) is 30.7 Å². The van der Waals surface area contributed by atoms with Crippen LogP contribution in [0.15, 0.2) is 22.7 Å². The minimum atomic E-state index is 0.267. The molecule has 106 valence electrons. The van der Waals surface area contributed by atoms with Crippen molar-refractivity contribution in [3.63, 3.8) is 0 Å². The number of hydrogen-bond acceptors (Lipinski definition) is 3. The van der Waals surface area contributed by atoms with Crippen LogP contribution in [-0.4, -0.2) is 37.2 Å². The summed E-state index contributed by atoms with van der Waals surface area (Å²) < 4.78 is 6.75. The normalized spacial score (nSPS) is 22.4. The van der Waals surface area contributed by atoms with E-state index in [1.54, 1.807) is 0 Å². The number of benzene rings is 1. The van der Waals surface area contributed by atoms with Gasteiger partial charge in [-0.05, 0) is 30.5 Å². The monoisotopic (exact) mass is 326 g/mol. The quantitative estimate of drug-likeness (QED) is 0.924. The van der Waals surface area contributed by atoms with Crippen LogP contribution in [0.4, 0.5) is 0 Å². The number of morpholine rings is 1. The average molecular weight is 327 g/mol. The molecule has 1 aliphatic heterocycles. The zero-order valence-electron chi connectivity index (χ0n) is 11.7. The van der Waals surface area contributed by atoms with Crippen molar-refractivity contribution in [1.29, 1.82) is 0 Å². The van der Waals surface area contributed by atoms with E-state index < -0.39 is 0 Å². The lowest BCUT2D eigenvalue weighted by Gasteiger charge is -2.40. The van der Waals surface area contributed by atoms with E-state index in [4.69, 9.17) is 10.5 Å². The zero-order valence-corrected chi connectivity index (χ0v) is 13.3. The first-order valence-corrected chi connectivity index (χ1v) is 7.76. The third-order valence-corrected chi connectivity index (χ3v) is 4.57. The fourth-order valence-electron chi connectivity index (χ4n) is 2.77. The molecule has 0 aromatic heterocycles. The Balaban J connectivity index is 2.27. The first kappa shape index (κ1) is 15.0. The van der Waals surface area contributed by atoms with Gasteiger partial charge >= 0.3 is 0 Å². The van der Waals surface area contributed by atoms with Crippen LogP contribution in [0.5, 0.6) is 0 Å². The SMILES string of the molecule is CCC1COCCN1C(CN)c1ccc(C)cc1Br. The molecular weight excluding hydrogens is 304 g/mol. The van der Waals surface area contributed by atoms with Crippen LogP contribution in [0.3, 0.4) is 0 Å². The molecule has 1 aliphatic rings. The smallest absolute Gasteiger partial charge is 0.0622 e. The summed E-state index contributed by atoms with van der Waals surface area (Å²) in [5.74, 6) is 0. The van der Waals surface area contributed by atoms with E-state index in [1.165, 1.54) is 11.1 Å². The molecule has 19 heavy (non-hydrogen) atoms. The Morgan fingerprint density at radius 3 is 2.95 bits per heavy atom. The molecule has 1 heterocycles. The lowest BCUT2D eigenvalue weighted by molar-refractivity contribution is -0.0292. The number of rotatable bonds is 4. The summed E-state index contributed by atoms with van der Waals surface area (Å²) in [7, 11) is 0. The molecule has 3 nitrogen and oxygen atoms in total. The lowest BCUT2D eigenvalue weighted by atomic mass is 10.0. The maximum absolute atomic E-state index is 6.06. The van der Waals surface area contributed by atoms with Crippen LogP contribution >= 0.6 is 15.9 Å². The van der Waals surface area contributed by atoms with Crippen molar-refractivity contribution in [2.24, 2.45) is 5.73 Å². The highest BCUT2D eigenvalue weighted by atomic mass is 79.9. The molecule has 4 heteroatoms. The fraction of sp³-hybridized carbons (Fsp3) is 0.600. The molecule has 2 unspecified atom stereocenters. The van der Waals surface area contributed by atoms with Gasteiger partial charge in [0.2, 0.25) is 0 Å². The average Bonchev–Trinajstić information content (AvgIpc) is 2.42. The summed E-state index contributed by atoms with van der Waals surface area (Å²) in [5, 5.41) is 0. The first-order chi connectivity index (χ1) is 9.17. The minimum absolute atomic E-state index is 0.267. The number of nitrogens with two attached hydrogens (primary N) is 1. The summed E-state index contributed by atoms with van der Waals surface area (Å²) >= 11 is 3.68. The van der Waals surface area contributed by atoms with E-state index >= 15 is 0 Å². The number of nitrogens with zero attached hydrogens (tertiary/aromatic N) is 1. The Kier molecular flexibility index (Phi) is 5.39. The molecule has 0 saturated carbocycles. The van der Waals surface area contributed by atoms with Gasteiger partial charge in [-0.25, -0.2) is 0 Å². The van der Waals surface area contributed by atoms with Crippen LogP contribution in [0.2, 0.25) is 0 Å². The minimum Gasteiger partial charge on any atom is -0.378 e. The maximum atomic E-state index is 6.06. The molecule has 0 aliphatic carbocycles. The summed E-state index contributed by atoms with van der Waals surface area (Å²) in [5.41, 5.74) is 8.61.